The highest BCUT2D eigenvalue weighted by Crippen LogP contribution is 2.18. The van der Waals surface area contributed by atoms with Crippen LogP contribution in [0.3, 0.4) is 0 Å². The number of ether oxygens (including phenoxy) is 2. The van der Waals surface area contributed by atoms with Crippen LogP contribution in [-0.4, -0.2) is 24.2 Å². The Labute approximate surface area is 213 Å². The molecule has 0 saturated carbocycles. The maximum Gasteiger partial charge on any atom is 0.387 e. The number of anilines is 1. The number of amides is 1. The predicted octanol–water partition coefficient (Wildman–Crippen LogP) is 3.65. The number of para-hydroxylation sites is 1. The second-order valence-electron chi connectivity index (χ2n) is 7.51. The van der Waals surface area contributed by atoms with E-state index < -0.39 is 18.1 Å². The average molecular weight is 520 g/mol. The third kappa shape index (κ3) is 5.91. The Morgan fingerprint density at radius 1 is 1.05 bits per heavy atom. The standard InChI is InChI=1S/C27H19F2N3O4S/c1-35-21-9-5-6-18(15-21)31-24(33)22(16-30)26-32(19-7-3-2-4-8-19)25(34)23(37-26)14-17-10-12-20(13-11-17)36-27(28)29/h2-15,27H,1H3,(H,31,33)/b23-14+,26-22-. The van der Waals surface area contributed by atoms with Crippen LogP contribution >= 0.6 is 11.3 Å². The molecule has 1 amide bonds. The minimum Gasteiger partial charge on any atom is -0.497 e. The lowest BCUT2D eigenvalue weighted by atomic mass is 10.2. The smallest absolute Gasteiger partial charge is 0.387 e. The second-order valence-corrected chi connectivity index (χ2v) is 8.54. The van der Waals surface area contributed by atoms with Gasteiger partial charge in [-0.25, -0.2) is 0 Å². The first-order valence-electron chi connectivity index (χ1n) is 10.8. The lowest BCUT2D eigenvalue weighted by Gasteiger charge is -2.07. The molecule has 0 bridgehead atoms. The summed E-state index contributed by atoms with van der Waals surface area (Å²) >= 11 is 0.968. The molecular formula is C27H19F2N3O4S. The van der Waals surface area contributed by atoms with Crippen molar-refractivity contribution in [2.75, 3.05) is 12.4 Å². The van der Waals surface area contributed by atoms with Gasteiger partial charge in [0.15, 0.2) is 5.57 Å². The van der Waals surface area contributed by atoms with Gasteiger partial charge in [0.05, 0.1) is 17.3 Å². The molecule has 0 spiro atoms. The number of nitrogens with zero attached hydrogens (tertiary/aromatic N) is 2. The number of nitriles is 1. The lowest BCUT2D eigenvalue weighted by Crippen LogP contribution is -2.32. The molecule has 0 fully saturated rings. The lowest BCUT2D eigenvalue weighted by molar-refractivity contribution is -0.111. The summed E-state index contributed by atoms with van der Waals surface area (Å²) in [6.45, 7) is -2.95. The van der Waals surface area contributed by atoms with Crippen molar-refractivity contribution in [1.29, 1.82) is 5.26 Å². The number of alkyl halides is 2. The molecule has 0 atom stereocenters. The molecule has 3 aromatic carbocycles. The second kappa shape index (κ2) is 11.3. The van der Waals surface area contributed by atoms with Gasteiger partial charge in [0, 0.05) is 11.8 Å². The number of aromatic nitrogens is 1. The number of hydrogen-bond donors (Lipinski definition) is 1. The first kappa shape index (κ1) is 25.3. The van der Waals surface area contributed by atoms with Crippen molar-refractivity contribution in [2.45, 2.75) is 6.61 Å². The minimum atomic E-state index is -2.95. The van der Waals surface area contributed by atoms with Gasteiger partial charge in [-0.15, -0.1) is 11.3 Å². The van der Waals surface area contributed by atoms with Crippen LogP contribution in [0.1, 0.15) is 5.56 Å². The van der Waals surface area contributed by atoms with Crippen LogP contribution in [0, 0.1) is 11.3 Å². The maximum absolute atomic E-state index is 13.4. The van der Waals surface area contributed by atoms with Gasteiger partial charge < -0.3 is 14.8 Å². The van der Waals surface area contributed by atoms with E-state index in [-0.39, 0.29) is 20.5 Å². The molecule has 0 saturated heterocycles. The van der Waals surface area contributed by atoms with Crippen LogP contribution in [0.25, 0.3) is 17.3 Å². The number of hydrogen-bond acceptors (Lipinski definition) is 6. The van der Waals surface area contributed by atoms with E-state index in [4.69, 9.17) is 4.74 Å². The molecule has 4 aromatic rings. The Bertz CT molecular complexity index is 1640. The Kier molecular flexibility index (Phi) is 7.76. The topological polar surface area (TPSA) is 93.3 Å². The van der Waals surface area contributed by atoms with Gasteiger partial charge in [-0.3, -0.25) is 14.2 Å². The molecule has 1 N–H and O–H groups in total. The zero-order valence-electron chi connectivity index (χ0n) is 19.4. The fourth-order valence-electron chi connectivity index (χ4n) is 3.45. The third-order valence-corrected chi connectivity index (χ3v) is 6.21. The highest BCUT2D eigenvalue weighted by atomic mass is 32.1. The van der Waals surface area contributed by atoms with Crippen LogP contribution in [-0.2, 0) is 4.79 Å². The normalized spacial score (nSPS) is 12.1. The SMILES string of the molecule is COc1cccc(NC(=O)/C(C#N)=c2\s/c(=C/c3ccc(OC(F)F)cc3)c(=O)n2-c2ccccc2)c1. The van der Waals surface area contributed by atoms with Crippen molar-refractivity contribution >= 4 is 34.6 Å². The van der Waals surface area contributed by atoms with Gasteiger partial charge in [-0.05, 0) is 48.0 Å². The molecule has 10 heteroatoms. The van der Waals surface area contributed by atoms with Gasteiger partial charge in [-0.2, -0.15) is 14.0 Å². The number of rotatable bonds is 7. The van der Waals surface area contributed by atoms with Gasteiger partial charge in [0.1, 0.15) is 22.2 Å². The van der Waals surface area contributed by atoms with Crippen molar-refractivity contribution in [1.82, 2.24) is 4.57 Å². The zero-order valence-corrected chi connectivity index (χ0v) is 20.2. The van der Waals surface area contributed by atoms with Gasteiger partial charge in [0.2, 0.25) is 0 Å². The number of carbonyl (C=O) groups excluding carboxylic acids is 1. The van der Waals surface area contributed by atoms with Crippen LogP contribution in [0.2, 0.25) is 0 Å². The Hall–Kier alpha value is -4.75. The summed E-state index contributed by atoms with van der Waals surface area (Å²) in [7, 11) is 1.50. The summed E-state index contributed by atoms with van der Waals surface area (Å²) in [5, 5.41) is 12.6. The van der Waals surface area contributed by atoms with Gasteiger partial charge >= 0.3 is 6.61 Å². The molecule has 186 valence electrons. The number of nitrogens with one attached hydrogen (secondary N) is 1. The summed E-state index contributed by atoms with van der Waals surface area (Å²) in [5.74, 6) is -0.188. The van der Waals surface area contributed by atoms with Crippen LogP contribution < -0.4 is 29.5 Å². The highest BCUT2D eigenvalue weighted by molar-refractivity contribution is 7.07. The highest BCUT2D eigenvalue weighted by Gasteiger charge is 2.17. The summed E-state index contributed by atoms with van der Waals surface area (Å²) in [5.41, 5.74) is 0.738. The minimum absolute atomic E-state index is 0.0185. The van der Waals surface area contributed by atoms with E-state index >= 15 is 0 Å². The number of halogens is 2. The number of thiazole rings is 1. The van der Waals surface area contributed by atoms with Crippen LogP contribution in [0.4, 0.5) is 14.5 Å². The molecule has 0 aliphatic heterocycles. The van der Waals surface area contributed by atoms with Gasteiger partial charge in [-0.1, -0.05) is 36.4 Å². The summed E-state index contributed by atoms with van der Waals surface area (Å²) in [4.78, 5) is 26.6. The third-order valence-electron chi connectivity index (χ3n) is 5.12. The molecule has 37 heavy (non-hydrogen) atoms. The Morgan fingerprint density at radius 3 is 2.43 bits per heavy atom. The largest absolute Gasteiger partial charge is 0.497 e. The number of benzene rings is 3. The van der Waals surface area contributed by atoms with Crippen molar-refractivity contribution < 1.29 is 23.0 Å². The average Bonchev–Trinajstić information content (AvgIpc) is 3.21. The van der Waals surface area contributed by atoms with Crippen LogP contribution in [0.15, 0.2) is 83.7 Å². The molecular weight excluding hydrogens is 500 g/mol. The van der Waals surface area contributed by atoms with Gasteiger partial charge in [0.25, 0.3) is 11.5 Å². The van der Waals surface area contributed by atoms with E-state index in [9.17, 15) is 23.6 Å². The van der Waals surface area contributed by atoms with E-state index in [1.807, 2.05) is 6.07 Å². The summed E-state index contributed by atoms with van der Waals surface area (Å²) in [6.07, 6.45) is 1.55. The molecule has 1 aromatic heterocycles. The maximum atomic E-state index is 13.4. The van der Waals surface area contributed by atoms with Crippen molar-refractivity contribution in [3.05, 3.63) is 104 Å². The molecule has 0 unspecified atom stereocenters. The fraction of sp³-hybridized carbons (Fsp3) is 0.0741. The zero-order chi connectivity index (χ0) is 26.4. The molecule has 1 heterocycles. The Morgan fingerprint density at radius 2 is 1.78 bits per heavy atom. The van der Waals surface area contributed by atoms with E-state index in [0.717, 1.165) is 11.3 Å². The molecule has 0 aliphatic carbocycles. The summed E-state index contributed by atoms with van der Waals surface area (Å²) < 4.78 is 36.1. The van der Waals surface area contributed by atoms with E-state index in [1.54, 1.807) is 60.7 Å². The van der Waals surface area contributed by atoms with Crippen molar-refractivity contribution in [3.8, 4) is 23.3 Å². The molecule has 0 radical (unpaired) electrons. The quantitative estimate of drug-likeness (QED) is 0.402. The van der Waals surface area contributed by atoms with E-state index in [1.165, 1.54) is 35.9 Å². The number of methoxy groups -OCH3 is 1. The van der Waals surface area contributed by atoms with Crippen LogP contribution in [0.5, 0.6) is 11.5 Å². The molecule has 7 nitrogen and oxygen atoms in total. The fourth-order valence-corrected chi connectivity index (χ4v) is 4.55. The van der Waals surface area contributed by atoms with E-state index in [2.05, 4.69) is 10.1 Å². The monoisotopic (exact) mass is 519 g/mol. The first-order valence-corrected chi connectivity index (χ1v) is 11.6. The van der Waals surface area contributed by atoms with Crippen molar-refractivity contribution in [3.63, 3.8) is 0 Å². The predicted molar refractivity (Wildman–Crippen MR) is 136 cm³/mol. The van der Waals surface area contributed by atoms with E-state index in [0.29, 0.717) is 22.7 Å². The number of carbonyl (C=O) groups is 1. The summed E-state index contributed by atoms with van der Waals surface area (Å²) in [6, 6.07) is 23.0. The Balaban J connectivity index is 1.86. The first-order chi connectivity index (χ1) is 17.9. The molecule has 0 aliphatic rings. The van der Waals surface area contributed by atoms with Crippen molar-refractivity contribution in [2.24, 2.45) is 0 Å². The molecule has 4 rings (SSSR count).